The number of aromatic nitrogens is 1. The summed E-state index contributed by atoms with van der Waals surface area (Å²) < 4.78 is 41.9. The molecule has 0 amide bonds. The van der Waals surface area contributed by atoms with Gasteiger partial charge < -0.3 is 4.42 Å². The fourth-order valence-corrected chi connectivity index (χ4v) is 1.59. The van der Waals surface area contributed by atoms with Gasteiger partial charge in [-0.15, -0.1) is 0 Å². The molecule has 0 spiro atoms. The van der Waals surface area contributed by atoms with Gasteiger partial charge in [-0.05, 0) is 17.7 Å². The smallest absolute Gasteiger partial charge is 0.408 e. The van der Waals surface area contributed by atoms with Crippen molar-refractivity contribution in [3.63, 3.8) is 0 Å². The Bertz CT molecular complexity index is 572. The van der Waals surface area contributed by atoms with Gasteiger partial charge in [-0.1, -0.05) is 22.0 Å². The van der Waals surface area contributed by atoms with Gasteiger partial charge in [0.15, 0.2) is 5.58 Å². The number of rotatable bonds is 1. The first-order chi connectivity index (χ1) is 7.38. The Morgan fingerprint density at radius 2 is 2.06 bits per heavy atom. The van der Waals surface area contributed by atoms with Gasteiger partial charge in [0.05, 0.1) is 5.52 Å². The minimum Gasteiger partial charge on any atom is -0.408 e. The van der Waals surface area contributed by atoms with E-state index in [2.05, 4.69) is 25.3 Å². The summed E-state index contributed by atoms with van der Waals surface area (Å²) >= 11 is 2.54. The minimum atomic E-state index is -4.38. The largest absolute Gasteiger partial charge is 0.417 e. The second-order valence-corrected chi connectivity index (χ2v) is 4.09. The predicted molar refractivity (Wildman–Crippen MR) is 54.6 cm³/mol. The number of oxazole rings is 1. The summed E-state index contributed by atoms with van der Waals surface area (Å²) in [5, 5.41) is 0. The zero-order valence-electron chi connectivity index (χ0n) is 7.64. The number of alkyl halides is 4. The van der Waals surface area contributed by atoms with Crippen LogP contribution in [0.1, 0.15) is 10.4 Å². The molecule has 0 fully saturated rings. The number of hydrogen-bond donors (Lipinski definition) is 1. The number of nitrogens with one attached hydrogen (secondary N) is 1. The molecule has 1 N–H and O–H groups in total. The van der Waals surface area contributed by atoms with Crippen LogP contribution in [0.15, 0.2) is 27.4 Å². The highest BCUT2D eigenvalue weighted by Crippen LogP contribution is 2.40. The van der Waals surface area contributed by atoms with Gasteiger partial charge in [0.1, 0.15) is 4.83 Å². The molecule has 1 heterocycles. The van der Waals surface area contributed by atoms with Crippen molar-refractivity contribution in [3.05, 3.63) is 34.3 Å². The quantitative estimate of drug-likeness (QED) is 0.822. The van der Waals surface area contributed by atoms with Crippen LogP contribution in [0, 0.1) is 0 Å². The monoisotopic (exact) mass is 295 g/mol. The molecule has 7 heteroatoms. The number of aromatic amines is 1. The number of H-pyrrole nitrogens is 1. The van der Waals surface area contributed by atoms with Gasteiger partial charge in [-0.3, -0.25) is 4.98 Å². The molecule has 86 valence electrons. The molecule has 1 atom stereocenters. The van der Waals surface area contributed by atoms with E-state index in [4.69, 9.17) is 0 Å². The summed E-state index contributed by atoms with van der Waals surface area (Å²) in [4.78, 5) is 11.4. The summed E-state index contributed by atoms with van der Waals surface area (Å²) in [6, 6.07) is 3.83. The average molecular weight is 296 g/mol. The van der Waals surface area contributed by atoms with Crippen LogP contribution in [0.25, 0.3) is 11.1 Å². The molecule has 1 unspecified atom stereocenters. The summed E-state index contributed by atoms with van der Waals surface area (Å²) in [7, 11) is 0. The van der Waals surface area contributed by atoms with Crippen molar-refractivity contribution < 1.29 is 17.6 Å². The van der Waals surface area contributed by atoms with Crippen LogP contribution in [0.2, 0.25) is 0 Å². The molecule has 2 rings (SSSR count). The van der Waals surface area contributed by atoms with E-state index in [1.165, 1.54) is 18.2 Å². The lowest BCUT2D eigenvalue weighted by atomic mass is 10.1. The van der Waals surface area contributed by atoms with E-state index in [-0.39, 0.29) is 11.1 Å². The molecule has 1 aromatic heterocycles. The van der Waals surface area contributed by atoms with Crippen LogP contribution < -0.4 is 5.76 Å². The maximum absolute atomic E-state index is 12.4. The third-order valence-electron chi connectivity index (χ3n) is 2.03. The molecule has 0 aliphatic carbocycles. The van der Waals surface area contributed by atoms with Crippen LogP contribution in [0.5, 0.6) is 0 Å². The standard InChI is InChI=1S/C9H5BrF3NO2/c10-7(9(11,12)13)4-1-2-5-6(3-4)16-8(15)14-5/h1-3,7H,(H,14,15). The van der Waals surface area contributed by atoms with Crippen LogP contribution in [-0.2, 0) is 0 Å². The fraction of sp³-hybridized carbons (Fsp3) is 0.222. The second kappa shape index (κ2) is 3.65. The Balaban J connectivity index is 2.50. The Morgan fingerprint density at radius 1 is 1.38 bits per heavy atom. The van der Waals surface area contributed by atoms with Crippen molar-refractivity contribution in [3.8, 4) is 0 Å². The highest BCUT2D eigenvalue weighted by Gasteiger charge is 2.38. The lowest BCUT2D eigenvalue weighted by molar-refractivity contribution is -0.128. The summed E-state index contributed by atoms with van der Waals surface area (Å²) in [6.45, 7) is 0. The number of fused-ring (bicyclic) bond motifs is 1. The summed E-state index contributed by atoms with van der Waals surface area (Å²) in [5.74, 6) is -0.690. The molecule has 16 heavy (non-hydrogen) atoms. The highest BCUT2D eigenvalue weighted by molar-refractivity contribution is 9.09. The van der Waals surface area contributed by atoms with E-state index in [0.717, 1.165) is 0 Å². The third-order valence-corrected chi connectivity index (χ3v) is 3.07. The van der Waals surface area contributed by atoms with Crippen molar-refractivity contribution in [2.75, 3.05) is 0 Å². The van der Waals surface area contributed by atoms with Crippen LogP contribution in [0.3, 0.4) is 0 Å². The first-order valence-electron chi connectivity index (χ1n) is 4.21. The van der Waals surface area contributed by atoms with Gasteiger partial charge in [0.2, 0.25) is 0 Å². The maximum Gasteiger partial charge on any atom is 0.417 e. The lowest BCUT2D eigenvalue weighted by Crippen LogP contribution is -2.14. The molecular formula is C9H5BrF3NO2. The van der Waals surface area contributed by atoms with Gasteiger partial charge in [0, 0.05) is 0 Å². The predicted octanol–water partition coefficient (Wildman–Crippen LogP) is 3.12. The van der Waals surface area contributed by atoms with E-state index in [1.807, 2.05) is 0 Å². The van der Waals surface area contributed by atoms with Gasteiger partial charge in [0.25, 0.3) is 0 Å². The molecule has 0 radical (unpaired) electrons. The van der Waals surface area contributed by atoms with E-state index >= 15 is 0 Å². The fourth-order valence-electron chi connectivity index (χ4n) is 1.31. The molecule has 0 aliphatic rings. The number of benzene rings is 1. The highest BCUT2D eigenvalue weighted by atomic mass is 79.9. The zero-order chi connectivity index (χ0) is 11.9. The summed E-state index contributed by atoms with van der Waals surface area (Å²) in [5.41, 5.74) is 0.467. The van der Waals surface area contributed by atoms with Gasteiger partial charge in [-0.2, -0.15) is 13.2 Å². The minimum absolute atomic E-state index is 0.0113. The summed E-state index contributed by atoms with van der Waals surface area (Å²) in [6.07, 6.45) is -4.38. The number of halogens is 4. The van der Waals surface area contributed by atoms with Crippen molar-refractivity contribution >= 4 is 27.0 Å². The Hall–Kier alpha value is -1.24. The zero-order valence-corrected chi connectivity index (χ0v) is 9.22. The molecule has 0 bridgehead atoms. The van der Waals surface area contributed by atoms with Crippen LogP contribution in [-0.4, -0.2) is 11.2 Å². The first kappa shape index (κ1) is 11.3. The van der Waals surface area contributed by atoms with E-state index in [0.29, 0.717) is 5.52 Å². The molecular weight excluding hydrogens is 291 g/mol. The molecule has 1 aromatic carbocycles. The maximum atomic E-state index is 12.4. The second-order valence-electron chi connectivity index (χ2n) is 3.17. The molecule has 2 aromatic rings. The Labute approximate surface area is 95.4 Å². The van der Waals surface area contributed by atoms with Crippen molar-refractivity contribution in [2.45, 2.75) is 11.0 Å². The van der Waals surface area contributed by atoms with Crippen molar-refractivity contribution in [2.24, 2.45) is 0 Å². The van der Waals surface area contributed by atoms with Crippen molar-refractivity contribution in [1.29, 1.82) is 0 Å². The van der Waals surface area contributed by atoms with Gasteiger partial charge in [-0.25, -0.2) is 4.79 Å². The molecule has 0 saturated carbocycles. The number of hydrogen-bond acceptors (Lipinski definition) is 2. The van der Waals surface area contributed by atoms with E-state index < -0.39 is 16.8 Å². The van der Waals surface area contributed by atoms with Crippen LogP contribution in [0.4, 0.5) is 13.2 Å². The normalized spacial score (nSPS) is 14.2. The first-order valence-corrected chi connectivity index (χ1v) is 5.13. The third kappa shape index (κ3) is 1.99. The van der Waals surface area contributed by atoms with E-state index in [1.54, 1.807) is 0 Å². The molecule has 3 nitrogen and oxygen atoms in total. The topological polar surface area (TPSA) is 46.0 Å². The average Bonchev–Trinajstić information content (AvgIpc) is 2.54. The lowest BCUT2D eigenvalue weighted by Gasteiger charge is -2.13. The molecule has 0 aliphatic heterocycles. The van der Waals surface area contributed by atoms with Gasteiger partial charge >= 0.3 is 11.9 Å². The Kier molecular flexibility index (Phi) is 2.57. The Morgan fingerprint density at radius 3 is 2.69 bits per heavy atom. The van der Waals surface area contributed by atoms with E-state index in [9.17, 15) is 18.0 Å². The SMILES string of the molecule is O=c1[nH]c2ccc(C(Br)C(F)(F)F)cc2o1. The molecule has 0 saturated heterocycles. The van der Waals surface area contributed by atoms with Crippen LogP contribution >= 0.6 is 15.9 Å². The van der Waals surface area contributed by atoms with Crippen molar-refractivity contribution in [1.82, 2.24) is 4.98 Å².